The number of methoxy groups -OCH3 is 1. The SMILES string of the molecule is CCC(CC)c1ccc(Cl)c2nc(Nc3c(C)cc(Cl)cc3OC)n(CC(=O)OC(C)C)c12. The lowest BCUT2D eigenvalue weighted by Crippen LogP contribution is -2.19. The Kier molecular flexibility index (Phi) is 8.14. The highest BCUT2D eigenvalue weighted by Gasteiger charge is 2.23. The number of carbonyl (C=O) groups excluding carboxylic acids is 1. The molecule has 0 aliphatic heterocycles. The van der Waals surface area contributed by atoms with Crippen LogP contribution in [0, 0.1) is 6.92 Å². The first kappa shape index (κ1) is 25.2. The van der Waals surface area contributed by atoms with Crippen LogP contribution < -0.4 is 10.1 Å². The van der Waals surface area contributed by atoms with Crippen LogP contribution in [0.1, 0.15) is 57.6 Å². The summed E-state index contributed by atoms with van der Waals surface area (Å²) >= 11 is 12.8. The molecule has 3 rings (SSSR count). The number of hydrogen-bond donors (Lipinski definition) is 1. The van der Waals surface area contributed by atoms with Gasteiger partial charge in [-0.15, -0.1) is 0 Å². The topological polar surface area (TPSA) is 65.4 Å². The zero-order valence-electron chi connectivity index (χ0n) is 20.0. The van der Waals surface area contributed by atoms with Gasteiger partial charge in [-0.3, -0.25) is 9.36 Å². The average Bonchev–Trinajstić information content (AvgIpc) is 3.10. The Bertz CT molecular complexity index is 1150. The summed E-state index contributed by atoms with van der Waals surface area (Å²) in [6, 6.07) is 7.49. The number of benzene rings is 2. The van der Waals surface area contributed by atoms with Crippen LogP contribution in [0.4, 0.5) is 11.6 Å². The smallest absolute Gasteiger partial charge is 0.326 e. The molecule has 6 nitrogen and oxygen atoms in total. The fourth-order valence-electron chi connectivity index (χ4n) is 4.11. The van der Waals surface area contributed by atoms with Crippen molar-refractivity contribution >= 4 is 51.8 Å². The quantitative estimate of drug-likeness (QED) is 0.319. The fourth-order valence-corrected chi connectivity index (χ4v) is 4.57. The number of imidazole rings is 1. The van der Waals surface area contributed by atoms with E-state index in [4.69, 9.17) is 37.7 Å². The standard InChI is InChI=1S/C25H31Cl2N3O3/c1-7-16(8-2)18-9-10-19(27)23-24(18)30(13-21(31)33-14(3)4)25(29-23)28-22-15(5)11-17(26)12-20(22)32-6/h9-12,14,16H,7-8,13H2,1-6H3,(H,28,29). The van der Waals surface area contributed by atoms with E-state index in [-0.39, 0.29) is 18.6 Å². The third-order valence-corrected chi connectivity index (χ3v) is 6.20. The van der Waals surface area contributed by atoms with Crippen molar-refractivity contribution in [2.75, 3.05) is 12.4 Å². The highest BCUT2D eigenvalue weighted by atomic mass is 35.5. The van der Waals surface area contributed by atoms with E-state index >= 15 is 0 Å². The monoisotopic (exact) mass is 491 g/mol. The van der Waals surface area contributed by atoms with E-state index in [1.54, 1.807) is 13.2 Å². The van der Waals surface area contributed by atoms with E-state index in [2.05, 4.69) is 19.2 Å². The van der Waals surface area contributed by atoms with Gasteiger partial charge in [0.1, 0.15) is 17.8 Å². The molecule has 0 amide bonds. The minimum absolute atomic E-state index is 0.000539. The Hall–Kier alpha value is -2.44. The van der Waals surface area contributed by atoms with Crippen molar-refractivity contribution in [3.05, 3.63) is 45.4 Å². The fraction of sp³-hybridized carbons (Fsp3) is 0.440. The number of aryl methyl sites for hydroxylation is 1. The molecule has 1 N–H and O–H groups in total. The largest absolute Gasteiger partial charge is 0.495 e. The third-order valence-electron chi connectivity index (χ3n) is 5.68. The molecule has 0 saturated carbocycles. The van der Waals surface area contributed by atoms with E-state index in [1.807, 2.05) is 43.5 Å². The lowest BCUT2D eigenvalue weighted by atomic mass is 9.93. The van der Waals surface area contributed by atoms with Gasteiger partial charge in [-0.25, -0.2) is 4.98 Å². The van der Waals surface area contributed by atoms with E-state index in [1.165, 1.54) is 0 Å². The highest BCUT2D eigenvalue weighted by Crippen LogP contribution is 2.38. The van der Waals surface area contributed by atoms with Crippen LogP contribution in [-0.2, 0) is 16.1 Å². The number of halogens is 2. The van der Waals surface area contributed by atoms with Crippen molar-refractivity contribution < 1.29 is 14.3 Å². The Balaban J connectivity index is 2.24. The molecule has 0 aliphatic rings. The van der Waals surface area contributed by atoms with Gasteiger partial charge in [-0.05, 0) is 62.8 Å². The van der Waals surface area contributed by atoms with Gasteiger partial charge in [-0.1, -0.05) is 43.1 Å². The van der Waals surface area contributed by atoms with Crippen molar-refractivity contribution in [3.63, 3.8) is 0 Å². The zero-order valence-corrected chi connectivity index (χ0v) is 21.5. The van der Waals surface area contributed by atoms with Crippen LogP contribution >= 0.6 is 23.2 Å². The van der Waals surface area contributed by atoms with Gasteiger partial charge in [0, 0.05) is 11.1 Å². The second-order valence-electron chi connectivity index (χ2n) is 8.33. The van der Waals surface area contributed by atoms with Crippen LogP contribution in [-0.4, -0.2) is 28.7 Å². The Labute approximate surface area is 205 Å². The number of anilines is 2. The first-order chi connectivity index (χ1) is 15.7. The maximum absolute atomic E-state index is 12.7. The lowest BCUT2D eigenvalue weighted by Gasteiger charge is -2.19. The van der Waals surface area contributed by atoms with Crippen LogP contribution in [0.25, 0.3) is 11.0 Å². The molecule has 2 aromatic carbocycles. The molecular formula is C25H31Cl2N3O3. The number of carbonyl (C=O) groups is 1. The predicted octanol–water partition coefficient (Wildman–Crippen LogP) is 7.26. The van der Waals surface area contributed by atoms with Crippen LogP contribution in [0.3, 0.4) is 0 Å². The van der Waals surface area contributed by atoms with Gasteiger partial charge in [0.2, 0.25) is 5.95 Å². The molecule has 0 aliphatic carbocycles. The third kappa shape index (κ3) is 5.39. The molecule has 0 saturated heterocycles. The molecule has 0 fully saturated rings. The summed E-state index contributed by atoms with van der Waals surface area (Å²) in [5, 5.41) is 4.47. The number of fused-ring (bicyclic) bond motifs is 1. The van der Waals surface area contributed by atoms with E-state index in [0.29, 0.717) is 33.2 Å². The number of hydrogen-bond acceptors (Lipinski definition) is 5. The van der Waals surface area contributed by atoms with Gasteiger partial charge in [0.15, 0.2) is 0 Å². The lowest BCUT2D eigenvalue weighted by molar-refractivity contribution is -0.147. The average molecular weight is 492 g/mol. The summed E-state index contributed by atoms with van der Waals surface area (Å²) in [6.07, 6.45) is 1.70. The normalized spacial score (nSPS) is 11.5. The molecule has 3 aromatic rings. The zero-order chi connectivity index (χ0) is 24.3. The minimum atomic E-state index is -0.345. The second-order valence-corrected chi connectivity index (χ2v) is 9.18. The number of rotatable bonds is 9. The van der Waals surface area contributed by atoms with Gasteiger partial charge < -0.3 is 14.8 Å². The molecular weight excluding hydrogens is 461 g/mol. The maximum atomic E-state index is 12.7. The van der Waals surface area contributed by atoms with Gasteiger partial charge in [0.25, 0.3) is 0 Å². The van der Waals surface area contributed by atoms with E-state index in [9.17, 15) is 4.79 Å². The Morgan fingerprint density at radius 3 is 2.48 bits per heavy atom. The maximum Gasteiger partial charge on any atom is 0.326 e. The van der Waals surface area contributed by atoms with Crippen LogP contribution in [0.2, 0.25) is 10.0 Å². The first-order valence-corrected chi connectivity index (χ1v) is 11.9. The first-order valence-electron chi connectivity index (χ1n) is 11.2. The molecule has 8 heteroatoms. The number of esters is 1. The Morgan fingerprint density at radius 1 is 1.18 bits per heavy atom. The molecule has 178 valence electrons. The van der Waals surface area contributed by atoms with Crippen molar-refractivity contribution in [2.45, 2.75) is 66.0 Å². The highest BCUT2D eigenvalue weighted by molar-refractivity contribution is 6.35. The second kappa shape index (κ2) is 10.7. The number of ether oxygens (including phenoxy) is 2. The number of aromatic nitrogens is 2. The summed E-state index contributed by atoms with van der Waals surface area (Å²) in [7, 11) is 1.58. The minimum Gasteiger partial charge on any atom is -0.495 e. The molecule has 0 radical (unpaired) electrons. The molecule has 0 bridgehead atoms. The molecule has 1 heterocycles. The van der Waals surface area contributed by atoms with Crippen molar-refractivity contribution in [1.82, 2.24) is 9.55 Å². The van der Waals surface area contributed by atoms with Gasteiger partial charge in [-0.2, -0.15) is 0 Å². The van der Waals surface area contributed by atoms with Crippen molar-refractivity contribution in [1.29, 1.82) is 0 Å². The molecule has 0 atom stereocenters. The molecule has 33 heavy (non-hydrogen) atoms. The van der Waals surface area contributed by atoms with Crippen LogP contribution in [0.15, 0.2) is 24.3 Å². The summed E-state index contributed by atoms with van der Waals surface area (Å²) in [6.45, 7) is 9.90. The summed E-state index contributed by atoms with van der Waals surface area (Å²) in [5.41, 5.74) is 4.19. The molecule has 1 aromatic heterocycles. The van der Waals surface area contributed by atoms with Crippen LogP contribution in [0.5, 0.6) is 5.75 Å². The number of nitrogens with one attached hydrogen (secondary N) is 1. The molecule has 0 unspecified atom stereocenters. The van der Waals surface area contributed by atoms with Crippen molar-refractivity contribution in [2.24, 2.45) is 0 Å². The predicted molar refractivity (Wildman–Crippen MR) is 135 cm³/mol. The summed E-state index contributed by atoms with van der Waals surface area (Å²) in [5.74, 6) is 1.02. The number of nitrogens with zero attached hydrogens (tertiary/aromatic N) is 2. The summed E-state index contributed by atoms with van der Waals surface area (Å²) in [4.78, 5) is 17.5. The van der Waals surface area contributed by atoms with Gasteiger partial charge in [0.05, 0.1) is 29.4 Å². The van der Waals surface area contributed by atoms with E-state index < -0.39 is 0 Å². The van der Waals surface area contributed by atoms with Gasteiger partial charge >= 0.3 is 5.97 Å². The van der Waals surface area contributed by atoms with E-state index in [0.717, 1.165) is 35.2 Å². The Morgan fingerprint density at radius 2 is 1.88 bits per heavy atom. The molecule has 0 spiro atoms. The van der Waals surface area contributed by atoms with Crippen molar-refractivity contribution in [3.8, 4) is 5.75 Å². The summed E-state index contributed by atoms with van der Waals surface area (Å²) < 4.78 is 12.9.